The van der Waals surface area contributed by atoms with Crippen LogP contribution in [0.4, 0.5) is 25.8 Å². The van der Waals surface area contributed by atoms with Crippen molar-refractivity contribution in [2.45, 2.75) is 31.2 Å². The third-order valence-electron chi connectivity index (χ3n) is 7.80. The predicted octanol–water partition coefficient (Wildman–Crippen LogP) is 6.41. The molecule has 41 heavy (non-hydrogen) atoms. The summed E-state index contributed by atoms with van der Waals surface area (Å²) >= 11 is 0. The van der Waals surface area contributed by atoms with Gasteiger partial charge in [-0.05, 0) is 49.6 Å². The van der Waals surface area contributed by atoms with E-state index in [9.17, 15) is 5.26 Å². The maximum Gasteiger partial charge on any atom is 0.191 e. The van der Waals surface area contributed by atoms with Crippen molar-refractivity contribution < 1.29 is 18.3 Å². The van der Waals surface area contributed by atoms with Crippen LogP contribution < -0.4 is 19.3 Å². The van der Waals surface area contributed by atoms with E-state index in [0.29, 0.717) is 22.8 Å². The van der Waals surface area contributed by atoms with Gasteiger partial charge in [-0.2, -0.15) is 5.26 Å². The van der Waals surface area contributed by atoms with Gasteiger partial charge < -0.3 is 14.4 Å². The summed E-state index contributed by atoms with van der Waals surface area (Å²) in [5.41, 5.74) is 3.42. The molecule has 6 rings (SSSR count). The number of hydrogen-bond donors (Lipinski definition) is 0. The molecule has 1 aromatic carbocycles. The molecule has 1 aliphatic carbocycles. The van der Waals surface area contributed by atoms with Gasteiger partial charge in [0.2, 0.25) is 0 Å². The van der Waals surface area contributed by atoms with Gasteiger partial charge in [0.15, 0.2) is 23.1 Å². The molecule has 3 aromatic heterocycles. The van der Waals surface area contributed by atoms with E-state index < -0.39 is 17.0 Å². The molecular formula is C31H26F2N6O2. The number of nitrogens with zero attached hydrogens (tertiary/aromatic N) is 6. The molecule has 0 atom stereocenters. The van der Waals surface area contributed by atoms with Gasteiger partial charge in [0.1, 0.15) is 11.5 Å². The number of anilines is 3. The van der Waals surface area contributed by atoms with Crippen molar-refractivity contribution in [1.82, 2.24) is 15.0 Å². The Morgan fingerprint density at radius 3 is 2.32 bits per heavy atom. The smallest absolute Gasteiger partial charge is 0.191 e. The zero-order valence-electron chi connectivity index (χ0n) is 22.6. The van der Waals surface area contributed by atoms with E-state index in [1.165, 1.54) is 25.2 Å². The van der Waals surface area contributed by atoms with Crippen molar-refractivity contribution in [3.8, 4) is 28.8 Å². The minimum Gasteiger partial charge on any atom is -0.493 e. The highest BCUT2D eigenvalue weighted by atomic mass is 19.1. The molecule has 1 fully saturated rings. The number of ether oxygens (including phenoxy) is 2. The van der Waals surface area contributed by atoms with Gasteiger partial charge in [-0.1, -0.05) is 6.58 Å². The first-order chi connectivity index (χ1) is 19.9. The van der Waals surface area contributed by atoms with Crippen LogP contribution >= 0.6 is 0 Å². The summed E-state index contributed by atoms with van der Waals surface area (Å²) in [7, 11) is 2.61. The summed E-state index contributed by atoms with van der Waals surface area (Å²) in [4.78, 5) is 16.7. The van der Waals surface area contributed by atoms with E-state index in [4.69, 9.17) is 9.47 Å². The molecule has 4 aromatic rings. The van der Waals surface area contributed by atoms with E-state index in [1.54, 1.807) is 35.8 Å². The highest BCUT2D eigenvalue weighted by Gasteiger charge is 2.40. The number of hydrogen-bond acceptors (Lipinski definition) is 8. The number of fused-ring (bicyclic) bond motifs is 1. The van der Waals surface area contributed by atoms with E-state index in [2.05, 4.69) is 27.6 Å². The van der Waals surface area contributed by atoms with Crippen LogP contribution in [0.25, 0.3) is 11.3 Å². The van der Waals surface area contributed by atoms with Crippen LogP contribution in [0.1, 0.15) is 30.5 Å². The Kier molecular flexibility index (Phi) is 6.50. The summed E-state index contributed by atoms with van der Waals surface area (Å²) in [5.74, 6) is -1.77. The van der Waals surface area contributed by atoms with Crippen LogP contribution in [-0.4, -0.2) is 29.2 Å². The number of halogens is 2. The molecular weight excluding hydrogens is 526 g/mol. The topological polar surface area (TPSA) is 87.4 Å². The van der Waals surface area contributed by atoms with Crippen molar-refractivity contribution in [2.24, 2.45) is 0 Å². The number of methoxy groups -OCH3 is 2. The lowest BCUT2D eigenvalue weighted by Crippen LogP contribution is -2.38. The Labute approximate surface area is 236 Å². The van der Waals surface area contributed by atoms with E-state index >= 15 is 8.78 Å². The molecule has 1 aliphatic heterocycles. The first kappa shape index (κ1) is 26.2. The van der Waals surface area contributed by atoms with Gasteiger partial charge >= 0.3 is 0 Å². The fourth-order valence-corrected chi connectivity index (χ4v) is 5.36. The van der Waals surface area contributed by atoms with Gasteiger partial charge in [-0.25, -0.2) is 8.78 Å². The first-order valence-electron chi connectivity index (χ1n) is 13.0. The fourth-order valence-electron chi connectivity index (χ4n) is 5.36. The fraction of sp³-hybridized carbons (Fsp3) is 0.226. The molecule has 0 amide bonds. The van der Waals surface area contributed by atoms with Gasteiger partial charge in [0.25, 0.3) is 0 Å². The summed E-state index contributed by atoms with van der Waals surface area (Å²) in [6, 6.07) is 12.9. The molecule has 2 aliphatic rings. The zero-order valence-corrected chi connectivity index (χ0v) is 22.6. The molecule has 1 saturated carbocycles. The van der Waals surface area contributed by atoms with Crippen LogP contribution in [-0.2, 0) is 12.0 Å². The van der Waals surface area contributed by atoms with Gasteiger partial charge in [-0.3, -0.25) is 19.9 Å². The van der Waals surface area contributed by atoms with E-state index in [1.807, 2.05) is 24.3 Å². The molecule has 0 unspecified atom stereocenters. The summed E-state index contributed by atoms with van der Waals surface area (Å²) in [6.07, 6.45) is 9.34. The lowest BCUT2D eigenvalue weighted by molar-refractivity contribution is 0.316. The largest absolute Gasteiger partial charge is 0.493 e. The minimum absolute atomic E-state index is 0.0875. The number of benzene rings is 1. The number of aromatic nitrogens is 3. The lowest BCUT2D eigenvalue weighted by atomic mass is 9.67. The SMILES string of the molecule is C=C1N(c2c(F)c(OC)cc(OC)c2F)Cc2cnc(-c3ccc(C4(C#N)CCC4)nc3)cc2N1c1cccnc1. The van der Waals surface area contributed by atoms with Crippen molar-refractivity contribution >= 4 is 17.1 Å². The van der Waals surface area contributed by atoms with Crippen LogP contribution in [0.2, 0.25) is 0 Å². The highest BCUT2D eigenvalue weighted by molar-refractivity contribution is 5.80. The van der Waals surface area contributed by atoms with E-state index in [-0.39, 0.29) is 23.7 Å². The third kappa shape index (κ3) is 4.21. The average molecular weight is 553 g/mol. The summed E-state index contributed by atoms with van der Waals surface area (Å²) in [6.45, 7) is 4.32. The van der Waals surface area contributed by atoms with Gasteiger partial charge in [-0.15, -0.1) is 0 Å². The van der Waals surface area contributed by atoms with Gasteiger partial charge in [0, 0.05) is 35.8 Å². The summed E-state index contributed by atoms with van der Waals surface area (Å²) in [5, 5.41) is 9.68. The van der Waals surface area contributed by atoms with Crippen molar-refractivity contribution in [3.05, 3.63) is 96.5 Å². The average Bonchev–Trinajstić information content (AvgIpc) is 2.98. The number of rotatable bonds is 6. The second-order valence-corrected chi connectivity index (χ2v) is 9.98. The molecule has 4 heterocycles. The summed E-state index contributed by atoms with van der Waals surface area (Å²) < 4.78 is 41.5. The van der Waals surface area contributed by atoms with Crippen molar-refractivity contribution in [1.29, 1.82) is 5.26 Å². The van der Waals surface area contributed by atoms with Crippen molar-refractivity contribution in [2.75, 3.05) is 24.0 Å². The van der Waals surface area contributed by atoms with E-state index in [0.717, 1.165) is 36.2 Å². The predicted molar refractivity (Wildman–Crippen MR) is 150 cm³/mol. The standard InChI is InChI=1S/C31H26F2N6O2/c1-19-38(30-28(32)25(40-2)13-26(41-3)29(30)33)17-21-15-36-23(12-24(21)39(19)22-6-4-11-35-16-22)20-7-8-27(37-14-20)31(18-34)9-5-10-31/h4,6-8,11-16H,1,5,9-10,17H2,2-3H3. The van der Waals surface area contributed by atoms with Crippen LogP contribution in [0.5, 0.6) is 11.5 Å². The molecule has 0 bridgehead atoms. The first-order valence-corrected chi connectivity index (χ1v) is 13.0. The molecule has 0 radical (unpaired) electrons. The Hall–Kier alpha value is -5.04. The van der Waals surface area contributed by atoms with Crippen molar-refractivity contribution in [3.63, 3.8) is 0 Å². The quantitative estimate of drug-likeness (QED) is 0.271. The Morgan fingerprint density at radius 1 is 1.00 bits per heavy atom. The second-order valence-electron chi connectivity index (χ2n) is 9.98. The maximum atomic E-state index is 15.6. The van der Waals surface area contributed by atoms with Crippen LogP contribution in [0.3, 0.4) is 0 Å². The van der Waals surface area contributed by atoms with Gasteiger partial charge in [0.05, 0.1) is 61.2 Å². The molecule has 10 heteroatoms. The maximum absolute atomic E-state index is 15.6. The van der Waals surface area contributed by atoms with Crippen LogP contribution in [0, 0.1) is 23.0 Å². The number of pyridine rings is 3. The lowest BCUT2D eigenvalue weighted by Gasteiger charge is -2.41. The molecule has 8 nitrogen and oxygen atoms in total. The molecule has 0 N–H and O–H groups in total. The molecule has 0 saturated heterocycles. The third-order valence-corrected chi connectivity index (χ3v) is 7.80. The molecule has 0 spiro atoms. The van der Waals surface area contributed by atoms with Crippen LogP contribution in [0.15, 0.2) is 73.6 Å². The Bertz CT molecular complexity index is 1660. The number of nitriles is 1. The Morgan fingerprint density at radius 2 is 1.76 bits per heavy atom. The highest BCUT2D eigenvalue weighted by Crippen LogP contribution is 2.46. The zero-order chi connectivity index (χ0) is 28.7. The normalized spacial score (nSPS) is 15.5. The minimum atomic E-state index is -0.876. The second kappa shape index (κ2) is 10.2. The molecule has 206 valence electrons. The Balaban J connectivity index is 1.45. The monoisotopic (exact) mass is 552 g/mol.